The van der Waals surface area contributed by atoms with Gasteiger partial charge in [0.1, 0.15) is 0 Å². The van der Waals surface area contributed by atoms with E-state index in [2.05, 4.69) is 0 Å². The summed E-state index contributed by atoms with van der Waals surface area (Å²) in [6, 6.07) is 0. The molecule has 2 aliphatic heterocycles. The van der Waals surface area contributed by atoms with Crippen LogP contribution in [0.4, 0.5) is 0 Å². The number of ether oxygens (including phenoxy) is 2. The van der Waals surface area contributed by atoms with Crippen LogP contribution >= 0.6 is 0 Å². The van der Waals surface area contributed by atoms with Crippen LogP contribution < -0.4 is 0 Å². The van der Waals surface area contributed by atoms with Gasteiger partial charge in [-0.3, -0.25) is 19.2 Å². The predicted molar refractivity (Wildman–Crippen MR) is 77.9 cm³/mol. The Kier molecular flexibility index (Phi) is 2.07. The molecule has 4 bridgehead atoms. The van der Waals surface area contributed by atoms with Crippen LogP contribution in [0.15, 0.2) is 0 Å². The lowest BCUT2D eigenvalue weighted by atomic mass is 9.63. The summed E-state index contributed by atoms with van der Waals surface area (Å²) in [5.41, 5.74) is 0. The largest absolute Gasteiger partial charge is 0.393 e. The molecule has 0 spiro atoms. The van der Waals surface area contributed by atoms with Gasteiger partial charge in [-0.1, -0.05) is 0 Å². The van der Waals surface area contributed by atoms with Crippen LogP contribution in [0.5, 0.6) is 0 Å². The first-order chi connectivity index (χ1) is 12.1. The van der Waals surface area contributed by atoms with Crippen molar-refractivity contribution in [3.05, 3.63) is 0 Å². The summed E-state index contributed by atoms with van der Waals surface area (Å²) in [5.74, 6) is 0.609. The highest BCUT2D eigenvalue weighted by molar-refractivity contribution is 5.98. The molecule has 0 amide bonds. The van der Waals surface area contributed by atoms with Crippen LogP contribution in [0, 0.1) is 71.0 Å². The van der Waals surface area contributed by atoms with Gasteiger partial charge >= 0.3 is 23.9 Å². The molecule has 12 atom stereocenters. The molecule has 7 aliphatic rings. The Morgan fingerprint density at radius 1 is 0.480 bits per heavy atom. The Morgan fingerprint density at radius 2 is 0.800 bits per heavy atom. The van der Waals surface area contributed by atoms with E-state index >= 15 is 0 Å². The third kappa shape index (κ3) is 1.23. The van der Waals surface area contributed by atoms with Crippen molar-refractivity contribution in [2.75, 3.05) is 0 Å². The van der Waals surface area contributed by atoms with E-state index in [1.54, 1.807) is 0 Å². The molecule has 0 aromatic heterocycles. The van der Waals surface area contributed by atoms with Crippen molar-refractivity contribution >= 4 is 23.9 Å². The number of esters is 4. The van der Waals surface area contributed by atoms with E-state index in [1.807, 2.05) is 0 Å². The quantitative estimate of drug-likeness (QED) is 0.478. The molecule has 5 aliphatic carbocycles. The second-order valence-electron chi connectivity index (χ2n) is 9.43. The topological polar surface area (TPSA) is 86.7 Å². The van der Waals surface area contributed by atoms with Gasteiger partial charge < -0.3 is 9.47 Å². The van der Waals surface area contributed by atoms with Gasteiger partial charge in [0, 0.05) is 0 Å². The Morgan fingerprint density at radius 3 is 1.20 bits per heavy atom. The van der Waals surface area contributed by atoms with Gasteiger partial charge in [-0.05, 0) is 66.6 Å². The van der Waals surface area contributed by atoms with E-state index < -0.39 is 0 Å². The molecule has 6 heteroatoms. The molecular formula is C19H18O6. The Labute approximate surface area is 143 Å². The molecule has 0 radical (unpaired) electrons. The van der Waals surface area contributed by atoms with Gasteiger partial charge in [0.05, 0.1) is 23.7 Å². The first-order valence-corrected chi connectivity index (χ1v) is 9.57. The third-order valence-corrected chi connectivity index (χ3v) is 9.26. The van der Waals surface area contributed by atoms with Gasteiger partial charge in [-0.25, -0.2) is 0 Å². The molecule has 2 heterocycles. The van der Waals surface area contributed by atoms with E-state index in [1.165, 1.54) is 0 Å². The van der Waals surface area contributed by atoms with Crippen LogP contribution in [-0.4, -0.2) is 23.9 Å². The molecule has 0 N–H and O–H groups in total. The van der Waals surface area contributed by atoms with Gasteiger partial charge in [0.15, 0.2) is 0 Å². The van der Waals surface area contributed by atoms with E-state index in [-0.39, 0.29) is 71.2 Å². The van der Waals surface area contributed by atoms with Crippen LogP contribution in [0.3, 0.4) is 0 Å². The number of hydrogen-bond donors (Lipinski definition) is 0. The fourth-order valence-corrected chi connectivity index (χ4v) is 9.04. The molecule has 7 fully saturated rings. The molecule has 0 aromatic rings. The molecule has 0 aromatic carbocycles. The normalized spacial score (nSPS) is 62.1. The minimum absolute atomic E-state index is 0.221. The SMILES string of the molecule is O=C1OC(=O)C2C3CC(C4CC5C6CC(C7C(=O)OC(=O)C67)C5C43)C12. The monoisotopic (exact) mass is 342 g/mol. The summed E-state index contributed by atoms with van der Waals surface area (Å²) < 4.78 is 9.90. The van der Waals surface area contributed by atoms with Crippen LogP contribution in [0.2, 0.25) is 0 Å². The number of carbonyl (C=O) groups excluding carboxylic acids is 4. The molecule has 130 valence electrons. The molecule has 2 saturated heterocycles. The zero-order chi connectivity index (χ0) is 16.8. The second kappa shape index (κ2) is 3.84. The Balaban J connectivity index is 1.30. The van der Waals surface area contributed by atoms with Crippen molar-refractivity contribution in [2.24, 2.45) is 71.0 Å². The first kappa shape index (κ1) is 13.5. The maximum Gasteiger partial charge on any atom is 0.317 e. The average molecular weight is 342 g/mol. The van der Waals surface area contributed by atoms with Crippen molar-refractivity contribution in [1.82, 2.24) is 0 Å². The van der Waals surface area contributed by atoms with E-state index in [0.717, 1.165) is 19.3 Å². The third-order valence-electron chi connectivity index (χ3n) is 9.26. The highest BCUT2D eigenvalue weighted by Gasteiger charge is 2.76. The van der Waals surface area contributed by atoms with E-state index in [0.29, 0.717) is 23.7 Å². The van der Waals surface area contributed by atoms with Crippen molar-refractivity contribution in [3.63, 3.8) is 0 Å². The van der Waals surface area contributed by atoms with Crippen LogP contribution in [0.1, 0.15) is 19.3 Å². The molecule has 7 rings (SSSR count). The number of rotatable bonds is 0. The average Bonchev–Trinajstić information content (AvgIpc) is 3.33. The summed E-state index contributed by atoms with van der Waals surface area (Å²) in [5, 5.41) is 0. The highest BCUT2D eigenvalue weighted by Crippen LogP contribution is 2.75. The van der Waals surface area contributed by atoms with Crippen molar-refractivity contribution < 1.29 is 28.7 Å². The van der Waals surface area contributed by atoms with Crippen LogP contribution in [-0.2, 0) is 28.7 Å². The molecular weight excluding hydrogens is 324 g/mol. The molecule has 25 heavy (non-hydrogen) atoms. The zero-order valence-corrected chi connectivity index (χ0v) is 13.5. The number of fused-ring (bicyclic) bond motifs is 17. The molecule has 12 unspecified atom stereocenters. The van der Waals surface area contributed by atoms with Gasteiger partial charge in [0.2, 0.25) is 0 Å². The lowest BCUT2D eigenvalue weighted by molar-refractivity contribution is -0.156. The van der Waals surface area contributed by atoms with Gasteiger partial charge in [-0.2, -0.15) is 0 Å². The molecule has 6 nitrogen and oxygen atoms in total. The van der Waals surface area contributed by atoms with E-state index in [4.69, 9.17) is 9.47 Å². The van der Waals surface area contributed by atoms with Crippen LogP contribution in [0.25, 0.3) is 0 Å². The number of carbonyl (C=O) groups is 4. The standard InChI is InChI=1S/C19H18O6/c20-16-12-6-2-8(14(12)18(22)24-16)10-4(6)1-5-7-3-9(11(5)10)15-13(7)17(21)25-19(15)23/h4-15H,1-3H2. The minimum Gasteiger partial charge on any atom is -0.393 e. The second-order valence-corrected chi connectivity index (χ2v) is 9.43. The minimum atomic E-state index is -0.319. The first-order valence-electron chi connectivity index (χ1n) is 9.57. The maximum absolute atomic E-state index is 12.2. The molecule has 5 saturated carbocycles. The summed E-state index contributed by atoms with van der Waals surface area (Å²) in [6.45, 7) is 0. The Bertz CT molecular complexity index is 723. The fourth-order valence-electron chi connectivity index (χ4n) is 9.04. The summed E-state index contributed by atoms with van der Waals surface area (Å²) in [6.07, 6.45) is 2.97. The number of hydrogen-bond acceptors (Lipinski definition) is 6. The highest BCUT2D eigenvalue weighted by atomic mass is 16.6. The number of cyclic esters (lactones) is 4. The van der Waals surface area contributed by atoms with Gasteiger partial charge in [0.25, 0.3) is 0 Å². The lowest BCUT2D eigenvalue weighted by Gasteiger charge is -2.37. The van der Waals surface area contributed by atoms with Gasteiger partial charge in [-0.15, -0.1) is 0 Å². The Hall–Kier alpha value is -1.72. The maximum atomic E-state index is 12.2. The summed E-state index contributed by atoms with van der Waals surface area (Å²) in [4.78, 5) is 48.7. The van der Waals surface area contributed by atoms with Crippen molar-refractivity contribution in [3.8, 4) is 0 Å². The predicted octanol–water partition coefficient (Wildman–Crippen LogP) is 0.786. The summed E-state index contributed by atoms with van der Waals surface area (Å²) in [7, 11) is 0. The summed E-state index contributed by atoms with van der Waals surface area (Å²) >= 11 is 0. The van der Waals surface area contributed by atoms with Crippen molar-refractivity contribution in [2.45, 2.75) is 19.3 Å². The fraction of sp³-hybridized carbons (Fsp3) is 0.789. The zero-order valence-electron chi connectivity index (χ0n) is 13.5. The van der Waals surface area contributed by atoms with Crippen molar-refractivity contribution in [1.29, 1.82) is 0 Å². The smallest absolute Gasteiger partial charge is 0.317 e. The van der Waals surface area contributed by atoms with E-state index in [9.17, 15) is 19.2 Å². The lowest BCUT2D eigenvalue weighted by Crippen LogP contribution is -2.40.